The van der Waals surface area contributed by atoms with Crippen LogP contribution in [0.3, 0.4) is 0 Å². The number of aromatic amines is 1. The van der Waals surface area contributed by atoms with Crippen molar-refractivity contribution < 1.29 is 4.74 Å². The number of benzene rings is 1. The van der Waals surface area contributed by atoms with Gasteiger partial charge in [0.2, 0.25) is 0 Å². The lowest BCUT2D eigenvalue weighted by Gasteiger charge is -2.24. The number of hydrogen-bond acceptors (Lipinski definition) is 2. The third-order valence-corrected chi connectivity index (χ3v) is 4.90. The van der Waals surface area contributed by atoms with Gasteiger partial charge in [-0.2, -0.15) is 0 Å². The second-order valence-corrected chi connectivity index (χ2v) is 6.87. The molecule has 2 heterocycles. The zero-order valence-electron chi connectivity index (χ0n) is 15.6. The predicted molar refractivity (Wildman–Crippen MR) is 104 cm³/mol. The second kappa shape index (κ2) is 8.39. The average molecular weight is 342 g/mol. The van der Waals surface area contributed by atoms with Gasteiger partial charge in [0.25, 0.3) is 0 Å². The van der Waals surface area contributed by atoms with Gasteiger partial charge in [-0.3, -0.25) is 4.99 Å². The number of hydrogen-bond donors (Lipinski definition) is 2. The first-order valence-electron chi connectivity index (χ1n) is 9.32. The van der Waals surface area contributed by atoms with Crippen LogP contribution in [0.15, 0.2) is 29.3 Å². The van der Waals surface area contributed by atoms with Crippen LogP contribution in [0.5, 0.6) is 0 Å². The fourth-order valence-electron chi connectivity index (χ4n) is 3.60. The maximum atomic E-state index is 5.49. The van der Waals surface area contributed by atoms with Gasteiger partial charge in [0, 0.05) is 55.8 Å². The van der Waals surface area contributed by atoms with Gasteiger partial charge >= 0.3 is 0 Å². The van der Waals surface area contributed by atoms with Crippen LogP contribution in [-0.2, 0) is 11.2 Å². The summed E-state index contributed by atoms with van der Waals surface area (Å²) in [6.45, 7) is 8.71. The first-order valence-corrected chi connectivity index (χ1v) is 9.32. The molecule has 5 heteroatoms. The molecule has 1 aliphatic heterocycles. The molecule has 1 saturated heterocycles. The molecule has 5 nitrogen and oxygen atoms in total. The summed E-state index contributed by atoms with van der Waals surface area (Å²) in [4.78, 5) is 10.6. The van der Waals surface area contributed by atoms with E-state index in [9.17, 15) is 0 Å². The van der Waals surface area contributed by atoms with E-state index in [0.717, 1.165) is 51.6 Å². The first kappa shape index (κ1) is 17.8. The number of H-pyrrole nitrogens is 1. The van der Waals surface area contributed by atoms with E-state index in [1.165, 1.54) is 22.2 Å². The zero-order valence-corrected chi connectivity index (χ0v) is 15.6. The minimum Gasteiger partial charge on any atom is -0.381 e. The molecule has 0 aliphatic carbocycles. The van der Waals surface area contributed by atoms with E-state index in [1.807, 2.05) is 0 Å². The molecule has 0 radical (unpaired) electrons. The predicted octanol–water partition coefficient (Wildman–Crippen LogP) is 2.95. The van der Waals surface area contributed by atoms with Crippen molar-refractivity contribution >= 4 is 16.9 Å². The molecule has 1 atom stereocenters. The zero-order chi connectivity index (χ0) is 17.6. The molecule has 0 spiro atoms. The van der Waals surface area contributed by atoms with E-state index >= 15 is 0 Å². The number of aliphatic imine (C=N–C) groups is 1. The van der Waals surface area contributed by atoms with Gasteiger partial charge in [-0.15, -0.1) is 0 Å². The van der Waals surface area contributed by atoms with Crippen LogP contribution in [0, 0.1) is 12.8 Å². The topological polar surface area (TPSA) is 52.7 Å². The Labute approximate surface area is 150 Å². The molecular formula is C20H30N4O. The molecule has 25 heavy (non-hydrogen) atoms. The number of aryl methyl sites for hydroxylation is 1. The molecule has 0 amide bonds. The number of nitrogens with one attached hydrogen (secondary N) is 2. The van der Waals surface area contributed by atoms with Gasteiger partial charge in [0.05, 0.1) is 6.61 Å². The maximum Gasteiger partial charge on any atom is 0.193 e. The van der Waals surface area contributed by atoms with Crippen molar-refractivity contribution in [3.63, 3.8) is 0 Å². The molecule has 1 aromatic carbocycles. The standard InChI is InChI=1S/C20H30N4O/c1-4-21-20(24(3)13-16-10-12-25-14-16)22-11-9-17-15(2)23-19-8-6-5-7-18(17)19/h5-8,16,23H,4,9-14H2,1-3H3,(H,21,22). The smallest absolute Gasteiger partial charge is 0.193 e. The lowest BCUT2D eigenvalue weighted by molar-refractivity contribution is 0.181. The van der Waals surface area contributed by atoms with Crippen LogP contribution in [0.1, 0.15) is 24.6 Å². The van der Waals surface area contributed by atoms with Crippen molar-refractivity contribution in [2.24, 2.45) is 10.9 Å². The van der Waals surface area contributed by atoms with E-state index < -0.39 is 0 Å². The summed E-state index contributed by atoms with van der Waals surface area (Å²) in [7, 11) is 2.12. The lowest BCUT2D eigenvalue weighted by atomic mass is 10.1. The Morgan fingerprint density at radius 2 is 2.24 bits per heavy atom. The third-order valence-electron chi connectivity index (χ3n) is 4.90. The number of para-hydroxylation sites is 1. The van der Waals surface area contributed by atoms with Crippen LogP contribution in [0.2, 0.25) is 0 Å². The summed E-state index contributed by atoms with van der Waals surface area (Å²) in [6.07, 6.45) is 2.10. The molecule has 1 aliphatic rings. The summed E-state index contributed by atoms with van der Waals surface area (Å²) in [5.74, 6) is 1.61. The minimum atomic E-state index is 0.615. The highest BCUT2D eigenvalue weighted by Crippen LogP contribution is 2.22. The number of rotatable bonds is 6. The van der Waals surface area contributed by atoms with Crippen molar-refractivity contribution in [2.75, 3.05) is 39.9 Å². The third kappa shape index (κ3) is 4.34. The number of guanidine groups is 1. The Morgan fingerprint density at radius 3 is 3.00 bits per heavy atom. The second-order valence-electron chi connectivity index (χ2n) is 6.87. The molecule has 2 N–H and O–H groups in total. The molecule has 3 rings (SSSR count). The first-order chi connectivity index (χ1) is 12.2. The quantitative estimate of drug-likeness (QED) is 0.627. The van der Waals surface area contributed by atoms with E-state index in [1.54, 1.807) is 0 Å². The largest absolute Gasteiger partial charge is 0.381 e. The van der Waals surface area contributed by atoms with Crippen LogP contribution in [-0.4, -0.2) is 55.7 Å². The Balaban J connectivity index is 1.65. The highest BCUT2D eigenvalue weighted by atomic mass is 16.5. The summed E-state index contributed by atoms with van der Waals surface area (Å²) >= 11 is 0. The van der Waals surface area contributed by atoms with Gasteiger partial charge in [0.15, 0.2) is 5.96 Å². The van der Waals surface area contributed by atoms with Crippen molar-refractivity contribution in [2.45, 2.75) is 26.7 Å². The molecule has 2 aromatic rings. The van der Waals surface area contributed by atoms with Crippen molar-refractivity contribution in [3.8, 4) is 0 Å². The summed E-state index contributed by atoms with van der Waals surface area (Å²) in [5.41, 5.74) is 3.84. The Morgan fingerprint density at radius 1 is 1.40 bits per heavy atom. The van der Waals surface area contributed by atoms with Gasteiger partial charge in [-0.25, -0.2) is 0 Å². The molecule has 1 aromatic heterocycles. The maximum absolute atomic E-state index is 5.49. The summed E-state index contributed by atoms with van der Waals surface area (Å²) in [6, 6.07) is 8.50. The fourth-order valence-corrected chi connectivity index (χ4v) is 3.60. The van der Waals surface area contributed by atoms with Gasteiger partial charge in [0.1, 0.15) is 0 Å². The normalized spacial score (nSPS) is 18.0. The highest BCUT2D eigenvalue weighted by Gasteiger charge is 2.19. The minimum absolute atomic E-state index is 0.615. The molecule has 1 fully saturated rings. The fraction of sp³-hybridized carbons (Fsp3) is 0.550. The molecule has 0 bridgehead atoms. The van der Waals surface area contributed by atoms with E-state index in [4.69, 9.17) is 9.73 Å². The molecule has 0 saturated carbocycles. The van der Waals surface area contributed by atoms with Gasteiger partial charge in [-0.05, 0) is 38.3 Å². The van der Waals surface area contributed by atoms with Crippen molar-refractivity contribution in [1.29, 1.82) is 0 Å². The van der Waals surface area contributed by atoms with Gasteiger partial charge in [-0.1, -0.05) is 18.2 Å². The Bertz CT molecular complexity index is 716. The van der Waals surface area contributed by atoms with Gasteiger partial charge < -0.3 is 19.9 Å². The van der Waals surface area contributed by atoms with E-state index in [0.29, 0.717) is 5.92 Å². The van der Waals surface area contributed by atoms with E-state index in [2.05, 4.69) is 60.4 Å². The lowest BCUT2D eigenvalue weighted by Crippen LogP contribution is -2.41. The van der Waals surface area contributed by atoms with Crippen molar-refractivity contribution in [3.05, 3.63) is 35.5 Å². The molecule has 136 valence electrons. The van der Waals surface area contributed by atoms with E-state index in [-0.39, 0.29) is 0 Å². The van der Waals surface area contributed by atoms with Crippen molar-refractivity contribution in [1.82, 2.24) is 15.2 Å². The van der Waals surface area contributed by atoms with Crippen LogP contribution >= 0.6 is 0 Å². The number of ether oxygens (including phenoxy) is 1. The van der Waals surface area contributed by atoms with Crippen LogP contribution < -0.4 is 5.32 Å². The Kier molecular flexibility index (Phi) is 5.97. The molecular weight excluding hydrogens is 312 g/mol. The monoisotopic (exact) mass is 342 g/mol. The number of fused-ring (bicyclic) bond motifs is 1. The van der Waals surface area contributed by atoms with Crippen LogP contribution in [0.25, 0.3) is 10.9 Å². The Hall–Kier alpha value is -2.01. The summed E-state index contributed by atoms with van der Waals surface area (Å²) in [5, 5.41) is 4.73. The summed E-state index contributed by atoms with van der Waals surface area (Å²) < 4.78 is 5.49. The number of aromatic nitrogens is 1. The molecule has 1 unspecified atom stereocenters. The van der Waals surface area contributed by atoms with Crippen LogP contribution in [0.4, 0.5) is 0 Å². The average Bonchev–Trinajstić information content (AvgIpc) is 3.22. The highest BCUT2D eigenvalue weighted by molar-refractivity contribution is 5.84. The SMILES string of the molecule is CCNC(=NCCc1c(C)[nH]c2ccccc12)N(C)CC1CCOC1. The number of nitrogens with zero attached hydrogens (tertiary/aromatic N) is 2.